The van der Waals surface area contributed by atoms with Crippen LogP contribution >= 0.6 is 0 Å². The first-order chi connectivity index (χ1) is 12.2. The number of hydrogen-bond donors (Lipinski definition) is 2. The highest BCUT2D eigenvalue weighted by atomic mass is 16.5. The first kappa shape index (κ1) is 18.9. The van der Waals surface area contributed by atoms with Gasteiger partial charge in [0.15, 0.2) is 5.96 Å². The van der Waals surface area contributed by atoms with Crippen molar-refractivity contribution in [1.29, 1.82) is 0 Å². The Morgan fingerprint density at radius 2 is 1.84 bits per heavy atom. The van der Waals surface area contributed by atoms with Crippen molar-refractivity contribution < 1.29 is 4.74 Å². The van der Waals surface area contributed by atoms with E-state index >= 15 is 0 Å². The van der Waals surface area contributed by atoms with Crippen molar-refractivity contribution >= 4 is 5.96 Å². The van der Waals surface area contributed by atoms with E-state index in [4.69, 9.17) is 4.74 Å². The number of guanidine groups is 1. The predicted octanol–water partition coefficient (Wildman–Crippen LogP) is 1.28. The molecule has 2 N–H and O–H groups in total. The molecule has 1 atom stereocenters. The molecule has 3 fully saturated rings. The Morgan fingerprint density at radius 1 is 1.08 bits per heavy atom. The number of rotatable bonds is 5. The van der Waals surface area contributed by atoms with Gasteiger partial charge in [0.1, 0.15) is 0 Å². The van der Waals surface area contributed by atoms with Gasteiger partial charge in [0, 0.05) is 32.3 Å². The van der Waals surface area contributed by atoms with Gasteiger partial charge < -0.3 is 20.3 Å². The molecule has 1 unspecified atom stereocenters. The predicted molar refractivity (Wildman–Crippen MR) is 103 cm³/mol. The van der Waals surface area contributed by atoms with Gasteiger partial charge in [-0.3, -0.25) is 9.89 Å². The lowest BCUT2D eigenvalue weighted by Gasteiger charge is -2.50. The molecule has 0 aliphatic carbocycles. The van der Waals surface area contributed by atoms with E-state index in [9.17, 15) is 0 Å². The van der Waals surface area contributed by atoms with Crippen molar-refractivity contribution in [1.82, 2.24) is 20.4 Å². The van der Waals surface area contributed by atoms with Crippen molar-refractivity contribution in [2.75, 3.05) is 60.0 Å². The number of piperidine rings is 2. The van der Waals surface area contributed by atoms with Crippen LogP contribution in [-0.2, 0) is 4.74 Å². The molecule has 0 aromatic rings. The average Bonchev–Trinajstić information content (AvgIpc) is 3.18. The molecule has 0 saturated carbocycles. The van der Waals surface area contributed by atoms with Crippen LogP contribution in [0, 0.1) is 0 Å². The number of nitrogens with zero attached hydrogens (tertiary/aromatic N) is 3. The molecule has 3 heterocycles. The molecule has 3 aliphatic heterocycles. The lowest BCUT2D eigenvalue weighted by atomic mass is 9.84. The summed E-state index contributed by atoms with van der Waals surface area (Å²) in [4.78, 5) is 9.67. The van der Waals surface area contributed by atoms with E-state index in [1.54, 1.807) is 0 Å². The first-order valence-corrected chi connectivity index (χ1v) is 10.2. The van der Waals surface area contributed by atoms with Crippen LogP contribution in [0.3, 0.4) is 0 Å². The molecular formula is C19H37N5O. The highest BCUT2D eigenvalue weighted by molar-refractivity contribution is 5.79. The van der Waals surface area contributed by atoms with Crippen LogP contribution in [0.4, 0.5) is 0 Å². The van der Waals surface area contributed by atoms with E-state index in [-0.39, 0.29) is 5.54 Å². The second-order valence-electron chi connectivity index (χ2n) is 8.02. The zero-order valence-electron chi connectivity index (χ0n) is 16.2. The quantitative estimate of drug-likeness (QED) is 0.577. The van der Waals surface area contributed by atoms with E-state index < -0.39 is 0 Å². The molecule has 6 nitrogen and oxygen atoms in total. The Hall–Kier alpha value is -0.850. The second-order valence-corrected chi connectivity index (χ2v) is 8.02. The molecule has 3 saturated heterocycles. The zero-order valence-corrected chi connectivity index (χ0v) is 16.2. The van der Waals surface area contributed by atoms with Gasteiger partial charge in [-0.15, -0.1) is 0 Å². The SMILES string of the molecule is CN=C(NCC1CCCO1)NCC1(N2CCCCC2)CCN(C)CC1. The van der Waals surface area contributed by atoms with E-state index in [1.165, 1.54) is 64.7 Å². The molecule has 0 radical (unpaired) electrons. The molecule has 0 bridgehead atoms. The lowest BCUT2D eigenvalue weighted by molar-refractivity contribution is 0.0172. The first-order valence-electron chi connectivity index (χ1n) is 10.2. The standard InChI is InChI=1S/C19H37N5O/c1-20-18(21-15-17-7-6-14-25-17)22-16-19(8-12-23(2)13-9-19)24-10-4-3-5-11-24/h17H,3-16H2,1-2H3,(H2,20,21,22). The minimum atomic E-state index is 0.286. The Bertz CT molecular complexity index is 422. The van der Waals surface area contributed by atoms with Crippen LogP contribution in [0.1, 0.15) is 44.9 Å². The fourth-order valence-corrected chi connectivity index (χ4v) is 4.49. The van der Waals surface area contributed by atoms with Gasteiger partial charge in [0.25, 0.3) is 0 Å². The fraction of sp³-hybridized carbons (Fsp3) is 0.947. The smallest absolute Gasteiger partial charge is 0.191 e. The number of likely N-dealkylation sites (tertiary alicyclic amines) is 2. The highest BCUT2D eigenvalue weighted by Gasteiger charge is 2.39. The molecule has 0 aromatic heterocycles. The minimum Gasteiger partial charge on any atom is -0.376 e. The summed E-state index contributed by atoms with van der Waals surface area (Å²) >= 11 is 0. The summed E-state index contributed by atoms with van der Waals surface area (Å²) in [7, 11) is 4.11. The van der Waals surface area contributed by atoms with Crippen molar-refractivity contribution in [3.8, 4) is 0 Å². The summed E-state index contributed by atoms with van der Waals surface area (Å²) in [6.45, 7) is 7.66. The van der Waals surface area contributed by atoms with Crippen LogP contribution in [0.25, 0.3) is 0 Å². The van der Waals surface area contributed by atoms with Crippen molar-refractivity contribution in [3.05, 3.63) is 0 Å². The number of ether oxygens (including phenoxy) is 1. The molecule has 0 spiro atoms. The summed E-state index contributed by atoms with van der Waals surface area (Å²) in [6.07, 6.45) is 9.28. The Labute approximate surface area is 153 Å². The Morgan fingerprint density at radius 3 is 2.48 bits per heavy atom. The summed E-state index contributed by atoms with van der Waals surface area (Å²) < 4.78 is 5.71. The number of aliphatic imine (C=N–C) groups is 1. The molecular weight excluding hydrogens is 314 g/mol. The number of nitrogens with one attached hydrogen (secondary N) is 2. The van der Waals surface area contributed by atoms with Crippen LogP contribution in [-0.4, -0.2) is 87.4 Å². The summed E-state index contributed by atoms with van der Waals surface area (Å²) in [5.41, 5.74) is 0.286. The average molecular weight is 352 g/mol. The van der Waals surface area contributed by atoms with Gasteiger partial charge in [-0.05, 0) is 71.8 Å². The molecule has 144 valence electrons. The number of hydrogen-bond acceptors (Lipinski definition) is 4. The molecule has 25 heavy (non-hydrogen) atoms. The third kappa shape index (κ3) is 5.08. The Kier molecular flexibility index (Phi) is 6.96. The van der Waals surface area contributed by atoms with E-state index in [0.717, 1.165) is 32.1 Å². The van der Waals surface area contributed by atoms with Gasteiger partial charge in [-0.2, -0.15) is 0 Å². The van der Waals surface area contributed by atoms with E-state index in [1.807, 2.05) is 7.05 Å². The van der Waals surface area contributed by atoms with E-state index in [2.05, 4.69) is 32.5 Å². The molecule has 3 rings (SSSR count). The van der Waals surface area contributed by atoms with E-state index in [0.29, 0.717) is 6.10 Å². The lowest BCUT2D eigenvalue weighted by Crippen LogP contribution is -2.62. The molecule has 6 heteroatoms. The maximum absolute atomic E-state index is 5.71. The summed E-state index contributed by atoms with van der Waals surface area (Å²) in [5.74, 6) is 0.922. The third-order valence-electron chi connectivity index (χ3n) is 6.27. The normalized spacial score (nSPS) is 28.9. The van der Waals surface area contributed by atoms with Crippen LogP contribution < -0.4 is 10.6 Å². The molecule has 3 aliphatic rings. The maximum atomic E-state index is 5.71. The van der Waals surface area contributed by atoms with Crippen LogP contribution in [0.15, 0.2) is 4.99 Å². The fourth-order valence-electron chi connectivity index (χ4n) is 4.49. The third-order valence-corrected chi connectivity index (χ3v) is 6.27. The largest absolute Gasteiger partial charge is 0.376 e. The van der Waals surface area contributed by atoms with Gasteiger partial charge >= 0.3 is 0 Å². The van der Waals surface area contributed by atoms with Gasteiger partial charge in [-0.1, -0.05) is 6.42 Å². The molecule has 0 amide bonds. The topological polar surface area (TPSA) is 52.1 Å². The Balaban J connectivity index is 1.55. The van der Waals surface area contributed by atoms with Crippen molar-refractivity contribution in [3.63, 3.8) is 0 Å². The molecule has 0 aromatic carbocycles. The van der Waals surface area contributed by atoms with Crippen molar-refractivity contribution in [2.24, 2.45) is 4.99 Å². The van der Waals surface area contributed by atoms with Gasteiger partial charge in [0.2, 0.25) is 0 Å². The minimum absolute atomic E-state index is 0.286. The monoisotopic (exact) mass is 351 g/mol. The zero-order chi connectivity index (χ0) is 17.5. The van der Waals surface area contributed by atoms with Crippen molar-refractivity contribution in [2.45, 2.75) is 56.6 Å². The van der Waals surface area contributed by atoms with Crippen LogP contribution in [0.2, 0.25) is 0 Å². The maximum Gasteiger partial charge on any atom is 0.191 e. The second kappa shape index (κ2) is 9.19. The highest BCUT2D eigenvalue weighted by Crippen LogP contribution is 2.30. The summed E-state index contributed by atoms with van der Waals surface area (Å²) in [5, 5.41) is 7.10. The van der Waals surface area contributed by atoms with Gasteiger partial charge in [0.05, 0.1) is 6.10 Å². The van der Waals surface area contributed by atoms with Crippen LogP contribution in [0.5, 0.6) is 0 Å². The summed E-state index contributed by atoms with van der Waals surface area (Å²) in [6, 6.07) is 0. The van der Waals surface area contributed by atoms with Gasteiger partial charge in [-0.25, -0.2) is 0 Å².